The van der Waals surface area contributed by atoms with E-state index in [2.05, 4.69) is 4.98 Å². The van der Waals surface area contributed by atoms with Gasteiger partial charge in [-0.05, 0) is 29.8 Å². The quantitative estimate of drug-likeness (QED) is 0.850. The first-order valence-electron chi connectivity index (χ1n) is 5.66. The van der Waals surface area contributed by atoms with Crippen molar-refractivity contribution in [2.24, 2.45) is 5.14 Å². The van der Waals surface area contributed by atoms with E-state index in [4.69, 9.17) is 9.88 Å². The van der Waals surface area contributed by atoms with Gasteiger partial charge < -0.3 is 4.74 Å². The Morgan fingerprint density at radius 1 is 1.20 bits per heavy atom. The zero-order valence-electron chi connectivity index (χ0n) is 10.4. The molecule has 0 aliphatic rings. The van der Waals surface area contributed by atoms with Crippen molar-refractivity contribution in [1.82, 2.24) is 4.98 Å². The highest BCUT2D eigenvalue weighted by atomic mass is 32.2. The molecule has 0 bridgehead atoms. The van der Waals surface area contributed by atoms with Crippen LogP contribution in [0.1, 0.15) is 15.9 Å². The third kappa shape index (κ3) is 3.62. The lowest BCUT2D eigenvalue weighted by atomic mass is 10.2. The maximum Gasteiger partial charge on any atom is 0.340 e. The molecule has 0 amide bonds. The summed E-state index contributed by atoms with van der Waals surface area (Å²) in [4.78, 5) is 15.5. The van der Waals surface area contributed by atoms with E-state index < -0.39 is 16.0 Å². The molecule has 2 rings (SSSR count). The first kappa shape index (κ1) is 14.2. The van der Waals surface area contributed by atoms with E-state index in [1.54, 1.807) is 18.3 Å². The van der Waals surface area contributed by atoms with E-state index in [1.807, 2.05) is 0 Å². The summed E-state index contributed by atoms with van der Waals surface area (Å²) in [6.45, 7) is 0.0403. The lowest BCUT2D eigenvalue weighted by molar-refractivity contribution is 0.0472. The summed E-state index contributed by atoms with van der Waals surface area (Å²) >= 11 is 0. The molecule has 0 unspecified atom stereocenters. The fourth-order valence-electron chi connectivity index (χ4n) is 1.49. The van der Waals surface area contributed by atoms with Crippen molar-refractivity contribution >= 4 is 16.0 Å². The normalized spacial score (nSPS) is 11.1. The third-order valence-corrected chi connectivity index (χ3v) is 3.45. The maximum atomic E-state index is 11.7. The van der Waals surface area contributed by atoms with Crippen molar-refractivity contribution in [2.75, 3.05) is 0 Å². The summed E-state index contributed by atoms with van der Waals surface area (Å²) < 4.78 is 27.2. The second kappa shape index (κ2) is 5.81. The molecule has 0 spiro atoms. The van der Waals surface area contributed by atoms with Gasteiger partial charge >= 0.3 is 5.97 Å². The van der Waals surface area contributed by atoms with E-state index >= 15 is 0 Å². The number of carbonyl (C=O) groups excluding carboxylic acids is 1. The molecule has 1 aromatic heterocycles. The molecule has 20 heavy (non-hydrogen) atoms. The predicted octanol–water partition coefficient (Wildman–Crippen LogP) is 1.09. The molecule has 104 valence electrons. The summed E-state index contributed by atoms with van der Waals surface area (Å²) in [5, 5.41) is 4.98. The maximum absolute atomic E-state index is 11.7. The third-order valence-electron chi connectivity index (χ3n) is 2.52. The molecular weight excluding hydrogens is 280 g/mol. The van der Waals surface area contributed by atoms with Crippen LogP contribution in [-0.4, -0.2) is 19.4 Å². The smallest absolute Gasteiger partial charge is 0.340 e. The van der Waals surface area contributed by atoms with Crippen LogP contribution in [-0.2, 0) is 21.4 Å². The molecule has 0 aliphatic heterocycles. The van der Waals surface area contributed by atoms with E-state index in [-0.39, 0.29) is 11.5 Å². The molecule has 0 saturated carbocycles. The Bertz CT molecular complexity index is 697. The van der Waals surface area contributed by atoms with Crippen LogP contribution in [0.3, 0.4) is 0 Å². The van der Waals surface area contributed by atoms with E-state index in [9.17, 15) is 13.2 Å². The van der Waals surface area contributed by atoms with Crippen molar-refractivity contribution in [1.29, 1.82) is 0 Å². The Morgan fingerprint density at radius 3 is 2.45 bits per heavy atom. The van der Waals surface area contributed by atoms with Gasteiger partial charge in [0.25, 0.3) is 0 Å². The summed E-state index contributed by atoms with van der Waals surface area (Å²) in [6.07, 6.45) is 2.97. The van der Waals surface area contributed by atoms with Gasteiger partial charge in [0.1, 0.15) is 6.61 Å². The zero-order chi connectivity index (χ0) is 14.6. The molecule has 0 radical (unpaired) electrons. The SMILES string of the molecule is NS(=O)(=O)c1ccc(COC(=O)c2cccnc2)cc1. The second-order valence-electron chi connectivity index (χ2n) is 4.01. The Kier molecular flexibility index (Phi) is 4.11. The van der Waals surface area contributed by atoms with Gasteiger partial charge in [-0.2, -0.15) is 0 Å². The molecule has 6 nitrogen and oxygen atoms in total. The van der Waals surface area contributed by atoms with Crippen molar-refractivity contribution in [2.45, 2.75) is 11.5 Å². The highest BCUT2D eigenvalue weighted by Crippen LogP contribution is 2.10. The fraction of sp³-hybridized carbons (Fsp3) is 0.0769. The largest absolute Gasteiger partial charge is 0.457 e. The van der Waals surface area contributed by atoms with Crippen molar-refractivity contribution in [3.8, 4) is 0 Å². The molecule has 2 aromatic rings. The number of benzene rings is 1. The van der Waals surface area contributed by atoms with Crippen LogP contribution in [0.4, 0.5) is 0 Å². The van der Waals surface area contributed by atoms with Crippen LogP contribution >= 0.6 is 0 Å². The van der Waals surface area contributed by atoms with Gasteiger partial charge in [-0.1, -0.05) is 12.1 Å². The van der Waals surface area contributed by atoms with Crippen LogP contribution in [0, 0.1) is 0 Å². The number of primary sulfonamides is 1. The van der Waals surface area contributed by atoms with Crippen molar-refractivity contribution < 1.29 is 17.9 Å². The number of nitrogens with two attached hydrogens (primary N) is 1. The topological polar surface area (TPSA) is 99.4 Å². The lowest BCUT2D eigenvalue weighted by Crippen LogP contribution is -2.12. The number of hydrogen-bond acceptors (Lipinski definition) is 5. The van der Waals surface area contributed by atoms with Gasteiger partial charge in [0, 0.05) is 12.4 Å². The zero-order valence-corrected chi connectivity index (χ0v) is 11.2. The Labute approximate surface area is 116 Å². The van der Waals surface area contributed by atoms with Crippen molar-refractivity contribution in [3.05, 3.63) is 59.9 Å². The predicted molar refractivity (Wildman–Crippen MR) is 71.2 cm³/mol. The first-order chi connectivity index (χ1) is 9.47. The molecule has 2 N–H and O–H groups in total. The fourth-order valence-corrected chi connectivity index (χ4v) is 2.01. The number of esters is 1. The van der Waals surface area contributed by atoms with Gasteiger partial charge in [-0.3, -0.25) is 4.98 Å². The number of sulfonamides is 1. The molecule has 1 aromatic carbocycles. The number of nitrogens with zero attached hydrogens (tertiary/aromatic N) is 1. The molecule has 0 atom stereocenters. The lowest BCUT2D eigenvalue weighted by Gasteiger charge is -2.05. The van der Waals surface area contributed by atoms with Crippen LogP contribution in [0.2, 0.25) is 0 Å². The van der Waals surface area contributed by atoms with Gasteiger partial charge in [0.2, 0.25) is 10.0 Å². The number of rotatable bonds is 4. The minimum Gasteiger partial charge on any atom is -0.457 e. The van der Waals surface area contributed by atoms with Gasteiger partial charge in [0.05, 0.1) is 10.5 Å². The van der Waals surface area contributed by atoms with Gasteiger partial charge in [0.15, 0.2) is 0 Å². The first-order valence-corrected chi connectivity index (χ1v) is 7.20. The van der Waals surface area contributed by atoms with Crippen LogP contribution in [0.5, 0.6) is 0 Å². The van der Waals surface area contributed by atoms with Gasteiger partial charge in [-0.25, -0.2) is 18.4 Å². The summed E-state index contributed by atoms with van der Waals surface area (Å²) in [7, 11) is -3.71. The highest BCUT2D eigenvalue weighted by Gasteiger charge is 2.09. The number of aromatic nitrogens is 1. The van der Waals surface area contributed by atoms with E-state index in [1.165, 1.54) is 30.5 Å². The van der Waals surface area contributed by atoms with Gasteiger partial charge in [-0.15, -0.1) is 0 Å². The highest BCUT2D eigenvalue weighted by molar-refractivity contribution is 7.89. The minimum absolute atomic E-state index is 0.0137. The number of ether oxygens (including phenoxy) is 1. The van der Waals surface area contributed by atoms with Crippen LogP contribution in [0.15, 0.2) is 53.7 Å². The average molecular weight is 292 g/mol. The van der Waals surface area contributed by atoms with Crippen molar-refractivity contribution in [3.63, 3.8) is 0 Å². The Hall–Kier alpha value is -2.25. The molecule has 1 heterocycles. The number of pyridine rings is 1. The summed E-state index contributed by atoms with van der Waals surface area (Å²) in [6, 6.07) is 9.04. The molecule has 7 heteroatoms. The summed E-state index contributed by atoms with van der Waals surface area (Å²) in [5.41, 5.74) is 1.02. The van der Waals surface area contributed by atoms with Crippen LogP contribution < -0.4 is 5.14 Å². The second-order valence-corrected chi connectivity index (χ2v) is 5.57. The number of carbonyl (C=O) groups is 1. The Morgan fingerprint density at radius 2 is 1.90 bits per heavy atom. The summed E-state index contributed by atoms with van der Waals surface area (Å²) in [5.74, 6) is -0.492. The van der Waals surface area contributed by atoms with E-state index in [0.29, 0.717) is 11.1 Å². The standard InChI is InChI=1S/C13H12N2O4S/c14-20(17,18)12-5-3-10(4-6-12)9-19-13(16)11-2-1-7-15-8-11/h1-8H,9H2,(H2,14,17,18). The average Bonchev–Trinajstić information content (AvgIpc) is 2.45. The number of hydrogen-bond donors (Lipinski definition) is 1. The monoisotopic (exact) mass is 292 g/mol. The molecule has 0 aliphatic carbocycles. The molecular formula is C13H12N2O4S. The van der Waals surface area contributed by atoms with E-state index in [0.717, 1.165) is 0 Å². The minimum atomic E-state index is -3.71. The molecule has 0 saturated heterocycles. The van der Waals surface area contributed by atoms with Crippen LogP contribution in [0.25, 0.3) is 0 Å². The molecule has 0 fully saturated rings. The Balaban J connectivity index is 2.00.